The predicted molar refractivity (Wildman–Crippen MR) is 83.4 cm³/mol. The minimum Gasteiger partial charge on any atom is -0.497 e. The maximum Gasteiger partial charge on any atom is 0.295 e. The van der Waals surface area contributed by atoms with E-state index in [1.165, 1.54) is 0 Å². The third-order valence-corrected chi connectivity index (χ3v) is 3.43. The van der Waals surface area contributed by atoms with Crippen LogP contribution in [0.2, 0.25) is 0 Å². The number of hydrogen-bond donors (Lipinski definition) is 0. The van der Waals surface area contributed by atoms with E-state index in [9.17, 15) is 4.79 Å². The van der Waals surface area contributed by atoms with Crippen molar-refractivity contribution in [3.63, 3.8) is 0 Å². The summed E-state index contributed by atoms with van der Waals surface area (Å²) in [7, 11) is 3.20. The molecule has 1 amide bonds. The summed E-state index contributed by atoms with van der Waals surface area (Å²) in [6.07, 6.45) is 2.17. The van der Waals surface area contributed by atoms with Gasteiger partial charge in [0.2, 0.25) is 0 Å². The highest BCUT2D eigenvalue weighted by Crippen LogP contribution is 2.14. The van der Waals surface area contributed by atoms with Crippen molar-refractivity contribution in [3.8, 4) is 5.75 Å². The van der Waals surface area contributed by atoms with Crippen LogP contribution in [-0.4, -0.2) is 57.4 Å². The number of carbonyl (C=O) groups is 1. The van der Waals surface area contributed by atoms with E-state index in [0.29, 0.717) is 30.5 Å². The number of methoxy groups -OCH3 is 2. The molecule has 1 fully saturated rings. The molecule has 1 aromatic rings. The molecule has 1 aromatic carbocycles. The molecule has 6 nitrogen and oxygen atoms in total. The first-order valence-corrected chi connectivity index (χ1v) is 7.38. The van der Waals surface area contributed by atoms with Gasteiger partial charge in [-0.05, 0) is 37.1 Å². The molecule has 0 saturated carbocycles. The molecule has 2 rings (SSSR count). The van der Waals surface area contributed by atoms with E-state index in [0.717, 1.165) is 25.9 Å². The van der Waals surface area contributed by atoms with E-state index in [1.807, 2.05) is 4.90 Å². The van der Waals surface area contributed by atoms with Gasteiger partial charge in [0.1, 0.15) is 12.4 Å². The number of likely N-dealkylation sites (tertiary alicyclic amines) is 1. The molecule has 1 aliphatic rings. The summed E-state index contributed by atoms with van der Waals surface area (Å²) in [5, 5.41) is 0. The largest absolute Gasteiger partial charge is 0.497 e. The van der Waals surface area contributed by atoms with Gasteiger partial charge in [0.05, 0.1) is 13.7 Å². The third kappa shape index (κ3) is 4.46. The Labute approximate surface area is 130 Å². The zero-order valence-corrected chi connectivity index (χ0v) is 13.1. The molecule has 0 atom stereocenters. The lowest BCUT2D eigenvalue weighted by Crippen LogP contribution is -2.32. The lowest BCUT2D eigenvalue weighted by atomic mass is 10.2. The van der Waals surface area contributed by atoms with Crippen molar-refractivity contribution in [2.45, 2.75) is 12.8 Å². The second-order valence-electron chi connectivity index (χ2n) is 4.96. The molecule has 120 valence electrons. The van der Waals surface area contributed by atoms with E-state index in [1.54, 1.807) is 38.5 Å². The number of ether oxygens (including phenoxy) is 3. The van der Waals surface area contributed by atoms with Gasteiger partial charge in [-0.1, -0.05) is 0 Å². The first-order chi connectivity index (χ1) is 10.7. The average molecular weight is 306 g/mol. The monoisotopic (exact) mass is 306 g/mol. The molecule has 1 aliphatic heterocycles. The first kappa shape index (κ1) is 16.3. The van der Waals surface area contributed by atoms with Crippen molar-refractivity contribution < 1.29 is 19.0 Å². The van der Waals surface area contributed by atoms with Gasteiger partial charge < -0.3 is 19.1 Å². The van der Waals surface area contributed by atoms with E-state index in [4.69, 9.17) is 14.2 Å². The maximum absolute atomic E-state index is 12.3. The van der Waals surface area contributed by atoms with Crippen LogP contribution in [0.3, 0.4) is 0 Å². The van der Waals surface area contributed by atoms with Gasteiger partial charge in [0.25, 0.3) is 11.9 Å². The Balaban J connectivity index is 2.09. The highest BCUT2D eigenvalue weighted by molar-refractivity contribution is 6.01. The number of hydrogen-bond acceptors (Lipinski definition) is 4. The lowest BCUT2D eigenvalue weighted by Gasteiger charge is -2.19. The van der Waals surface area contributed by atoms with Crippen LogP contribution in [0.15, 0.2) is 29.3 Å². The zero-order valence-electron chi connectivity index (χ0n) is 13.1. The van der Waals surface area contributed by atoms with E-state index >= 15 is 0 Å². The van der Waals surface area contributed by atoms with Crippen LogP contribution in [0.5, 0.6) is 5.75 Å². The standard InChI is InChI=1S/C16H22N2O4/c1-20-11-12-22-16(18-9-3-4-10-18)17-15(19)13-5-7-14(21-2)8-6-13/h5-8H,3-4,9-12H2,1-2H3. The van der Waals surface area contributed by atoms with Gasteiger partial charge in [0.15, 0.2) is 0 Å². The summed E-state index contributed by atoms with van der Waals surface area (Å²) in [5.41, 5.74) is 0.507. The molecule has 1 saturated heterocycles. The zero-order chi connectivity index (χ0) is 15.8. The van der Waals surface area contributed by atoms with Crippen molar-refractivity contribution in [1.82, 2.24) is 4.90 Å². The molecular formula is C16H22N2O4. The second-order valence-corrected chi connectivity index (χ2v) is 4.96. The Morgan fingerprint density at radius 1 is 1.14 bits per heavy atom. The minimum atomic E-state index is -0.318. The normalized spacial score (nSPS) is 15.0. The number of nitrogens with zero attached hydrogens (tertiary/aromatic N) is 2. The van der Waals surface area contributed by atoms with Gasteiger partial charge in [-0.3, -0.25) is 4.79 Å². The van der Waals surface area contributed by atoms with Crippen LogP contribution in [0, 0.1) is 0 Å². The summed E-state index contributed by atoms with van der Waals surface area (Å²) < 4.78 is 15.7. The highest BCUT2D eigenvalue weighted by Gasteiger charge is 2.19. The molecule has 6 heteroatoms. The Bertz CT molecular complexity index is 507. The van der Waals surface area contributed by atoms with Crippen molar-refractivity contribution >= 4 is 11.9 Å². The Hall–Kier alpha value is -2.08. The molecule has 0 aliphatic carbocycles. The summed E-state index contributed by atoms with van der Waals surface area (Å²) in [4.78, 5) is 18.4. The summed E-state index contributed by atoms with van der Waals surface area (Å²) in [6, 6.07) is 7.26. The van der Waals surface area contributed by atoms with E-state index in [-0.39, 0.29) is 5.91 Å². The average Bonchev–Trinajstić information content (AvgIpc) is 3.08. The van der Waals surface area contributed by atoms with Crippen LogP contribution in [0.4, 0.5) is 0 Å². The Kier molecular flexibility index (Phi) is 6.21. The fourth-order valence-electron chi connectivity index (χ4n) is 2.20. The number of amidine groups is 1. The van der Waals surface area contributed by atoms with Crippen LogP contribution < -0.4 is 4.74 Å². The van der Waals surface area contributed by atoms with Crippen LogP contribution in [-0.2, 0) is 9.47 Å². The SMILES string of the molecule is COCCOC(=NC(=O)c1ccc(OC)cc1)N1CCCC1. The number of rotatable bonds is 5. The maximum atomic E-state index is 12.3. The molecule has 0 bridgehead atoms. The molecular weight excluding hydrogens is 284 g/mol. The topological polar surface area (TPSA) is 60.4 Å². The minimum absolute atomic E-state index is 0.318. The summed E-state index contributed by atoms with van der Waals surface area (Å²) in [5.74, 6) is 0.388. The highest BCUT2D eigenvalue weighted by atomic mass is 16.5. The van der Waals surface area contributed by atoms with E-state index in [2.05, 4.69) is 4.99 Å². The number of amides is 1. The second kappa shape index (κ2) is 8.38. The fourth-order valence-corrected chi connectivity index (χ4v) is 2.20. The molecule has 22 heavy (non-hydrogen) atoms. The first-order valence-electron chi connectivity index (χ1n) is 7.38. The Morgan fingerprint density at radius 3 is 2.41 bits per heavy atom. The lowest BCUT2D eigenvalue weighted by molar-refractivity contribution is 0.0984. The Morgan fingerprint density at radius 2 is 1.82 bits per heavy atom. The van der Waals surface area contributed by atoms with Crippen molar-refractivity contribution in [2.24, 2.45) is 4.99 Å². The van der Waals surface area contributed by atoms with Crippen LogP contribution in [0.1, 0.15) is 23.2 Å². The van der Waals surface area contributed by atoms with Gasteiger partial charge >= 0.3 is 0 Å². The number of carbonyl (C=O) groups excluding carboxylic acids is 1. The van der Waals surface area contributed by atoms with Crippen molar-refractivity contribution in [1.29, 1.82) is 0 Å². The van der Waals surface area contributed by atoms with Gasteiger partial charge in [-0.15, -0.1) is 0 Å². The quantitative estimate of drug-likeness (QED) is 0.473. The van der Waals surface area contributed by atoms with Gasteiger partial charge in [-0.25, -0.2) is 0 Å². The fraction of sp³-hybridized carbons (Fsp3) is 0.500. The molecule has 0 N–H and O–H groups in total. The molecule has 0 aromatic heterocycles. The van der Waals surface area contributed by atoms with Gasteiger partial charge in [0, 0.05) is 25.8 Å². The van der Waals surface area contributed by atoms with Crippen LogP contribution >= 0.6 is 0 Å². The summed E-state index contributed by atoms with van der Waals surface area (Å²) in [6.45, 7) is 2.56. The molecule has 0 spiro atoms. The molecule has 0 radical (unpaired) electrons. The van der Waals surface area contributed by atoms with Crippen molar-refractivity contribution in [3.05, 3.63) is 29.8 Å². The van der Waals surface area contributed by atoms with E-state index < -0.39 is 0 Å². The third-order valence-electron chi connectivity index (χ3n) is 3.43. The predicted octanol–water partition coefficient (Wildman–Crippen LogP) is 1.95. The smallest absolute Gasteiger partial charge is 0.295 e. The molecule has 1 heterocycles. The number of benzene rings is 1. The van der Waals surface area contributed by atoms with Crippen molar-refractivity contribution in [2.75, 3.05) is 40.5 Å². The van der Waals surface area contributed by atoms with Crippen LogP contribution in [0.25, 0.3) is 0 Å². The van der Waals surface area contributed by atoms with Gasteiger partial charge in [-0.2, -0.15) is 4.99 Å². The number of aliphatic imine (C=N–C) groups is 1. The summed E-state index contributed by atoms with van der Waals surface area (Å²) >= 11 is 0. The molecule has 0 unspecified atom stereocenters.